The molecule has 8 nitrogen and oxygen atoms in total. The predicted molar refractivity (Wildman–Crippen MR) is 154 cm³/mol. The number of carbonyl (C=O) groups is 2. The number of fused-ring (bicyclic) bond motifs is 4. The molecule has 0 bridgehead atoms. The fourth-order valence-electron chi connectivity index (χ4n) is 8.44. The Morgan fingerprint density at radius 1 is 1.27 bits per heavy atom. The third-order valence-corrected chi connectivity index (χ3v) is 10.5. The molecule has 2 unspecified atom stereocenters. The molecule has 2 amide bonds. The third kappa shape index (κ3) is 4.62. The zero-order valence-corrected chi connectivity index (χ0v) is 24.3. The summed E-state index contributed by atoms with van der Waals surface area (Å²) >= 11 is 0. The number of aromatic nitrogens is 1. The van der Waals surface area contributed by atoms with Crippen LogP contribution < -0.4 is 16.6 Å². The first-order chi connectivity index (χ1) is 19.0. The van der Waals surface area contributed by atoms with Gasteiger partial charge in [0.25, 0.3) is 11.5 Å². The molecule has 2 heterocycles. The van der Waals surface area contributed by atoms with Crippen LogP contribution in [-0.4, -0.2) is 52.0 Å². The van der Waals surface area contributed by atoms with Crippen LogP contribution in [-0.2, 0) is 17.6 Å². The van der Waals surface area contributed by atoms with Crippen molar-refractivity contribution < 1.29 is 14.7 Å². The monoisotopic (exact) mass is 548 g/mol. The molecule has 5 N–H and O–H groups in total. The van der Waals surface area contributed by atoms with Crippen molar-refractivity contribution in [1.29, 1.82) is 0 Å². The lowest BCUT2D eigenvalue weighted by Crippen LogP contribution is -2.58. The number of aliphatic hydroxyl groups excluding tert-OH is 1. The van der Waals surface area contributed by atoms with E-state index in [4.69, 9.17) is 5.73 Å². The van der Waals surface area contributed by atoms with Crippen LogP contribution >= 0.6 is 0 Å². The second-order valence-electron chi connectivity index (χ2n) is 13.9. The first-order valence-electron chi connectivity index (χ1n) is 15.2. The van der Waals surface area contributed by atoms with Crippen molar-refractivity contribution in [3.63, 3.8) is 0 Å². The van der Waals surface area contributed by atoms with Crippen molar-refractivity contribution in [3.8, 4) is 0 Å². The molecule has 0 radical (unpaired) electrons. The van der Waals surface area contributed by atoms with Gasteiger partial charge in [0, 0.05) is 36.2 Å². The van der Waals surface area contributed by atoms with Gasteiger partial charge in [0.2, 0.25) is 5.91 Å². The SMILES string of the molecule is CC1=C([C@@]23Cc4[nH]c(=O)c(C(=O)N[C@@H](CC(C)C)C(N)=O)cc4C[C@H]2[C@H]2C(CN2CC2CC2)C3)C=C(O)C(C)C1. The van der Waals surface area contributed by atoms with Gasteiger partial charge in [-0.05, 0) is 98.8 Å². The van der Waals surface area contributed by atoms with Crippen LogP contribution in [0.25, 0.3) is 0 Å². The molecule has 1 aliphatic heterocycles. The van der Waals surface area contributed by atoms with E-state index in [9.17, 15) is 19.5 Å². The summed E-state index contributed by atoms with van der Waals surface area (Å²) in [6.45, 7) is 10.5. The molecule has 3 fully saturated rings. The number of likely N-dealkylation sites (tertiary alicyclic amines) is 1. The van der Waals surface area contributed by atoms with E-state index in [1.54, 1.807) is 6.07 Å². The van der Waals surface area contributed by atoms with E-state index in [1.165, 1.54) is 30.5 Å². The highest BCUT2D eigenvalue weighted by molar-refractivity contribution is 5.97. The van der Waals surface area contributed by atoms with Gasteiger partial charge in [-0.1, -0.05) is 26.3 Å². The first kappa shape index (κ1) is 27.3. The van der Waals surface area contributed by atoms with Gasteiger partial charge < -0.3 is 21.1 Å². The maximum Gasteiger partial charge on any atom is 0.261 e. The number of carbonyl (C=O) groups excluding carboxylic acids is 2. The number of primary amides is 1. The lowest BCUT2D eigenvalue weighted by atomic mass is 9.60. The predicted octanol–water partition coefficient (Wildman–Crippen LogP) is 3.62. The number of pyridine rings is 1. The van der Waals surface area contributed by atoms with Gasteiger partial charge in [0.15, 0.2) is 0 Å². The number of nitrogens with one attached hydrogen (secondary N) is 2. The number of allylic oxidation sites excluding steroid dienone is 4. The zero-order chi connectivity index (χ0) is 28.5. The molecular formula is C32H44N4O4. The minimum Gasteiger partial charge on any atom is -0.512 e. The molecule has 1 aromatic heterocycles. The Balaban J connectivity index is 1.36. The Labute approximate surface area is 236 Å². The third-order valence-electron chi connectivity index (χ3n) is 10.5. The summed E-state index contributed by atoms with van der Waals surface area (Å²) in [5.41, 5.74) is 9.53. The highest BCUT2D eigenvalue weighted by Crippen LogP contribution is 2.63. The molecule has 1 saturated heterocycles. The molecule has 6 rings (SSSR count). The first-order valence-corrected chi connectivity index (χ1v) is 15.2. The summed E-state index contributed by atoms with van der Waals surface area (Å²) < 4.78 is 0. The van der Waals surface area contributed by atoms with E-state index >= 15 is 0 Å². The van der Waals surface area contributed by atoms with Gasteiger partial charge in [-0.15, -0.1) is 0 Å². The number of H-pyrrole nitrogens is 1. The molecule has 1 aromatic rings. The van der Waals surface area contributed by atoms with Crippen molar-refractivity contribution in [2.45, 2.75) is 84.7 Å². The van der Waals surface area contributed by atoms with Crippen LogP contribution in [0.1, 0.15) is 81.4 Å². The van der Waals surface area contributed by atoms with Crippen LogP contribution in [0.15, 0.2) is 33.8 Å². The molecule has 0 spiro atoms. The summed E-state index contributed by atoms with van der Waals surface area (Å²) in [4.78, 5) is 44.2. The summed E-state index contributed by atoms with van der Waals surface area (Å²) in [6, 6.07) is 1.42. The van der Waals surface area contributed by atoms with Gasteiger partial charge in [0.1, 0.15) is 11.6 Å². The van der Waals surface area contributed by atoms with Gasteiger partial charge in [-0.3, -0.25) is 19.3 Å². The van der Waals surface area contributed by atoms with Gasteiger partial charge in [-0.2, -0.15) is 0 Å². The lowest BCUT2D eigenvalue weighted by Gasteiger charge is -2.50. The van der Waals surface area contributed by atoms with Crippen LogP contribution in [0.3, 0.4) is 0 Å². The Bertz CT molecular complexity index is 1350. The standard InChI is InChI=1S/C32H44N4O4/c1-16(2)7-25(29(33)38)34-30(39)22-9-20-10-24-28-21(15-36(28)14-19-5-6-19)12-32(24,13-26(20)35-31(22)40)23-11-27(37)18(4)8-17(23)3/h9,11,16,18-19,21,24-25,28,37H,5-8,10,12-15H2,1-4H3,(H2,33,38)(H,34,39)(H,35,40)/t18?,21?,24-,25-,28+,32+/m0/s1. The van der Waals surface area contributed by atoms with Crippen LogP contribution in [0, 0.1) is 35.0 Å². The van der Waals surface area contributed by atoms with Gasteiger partial charge >= 0.3 is 0 Å². The lowest BCUT2D eigenvalue weighted by molar-refractivity contribution is -0.120. The molecule has 2 saturated carbocycles. The Hall–Kier alpha value is -2.87. The van der Waals surface area contributed by atoms with Crippen molar-refractivity contribution in [1.82, 2.24) is 15.2 Å². The van der Waals surface area contributed by atoms with Crippen molar-refractivity contribution in [3.05, 3.63) is 56.2 Å². The van der Waals surface area contributed by atoms with E-state index in [0.717, 1.165) is 43.0 Å². The molecular weight excluding hydrogens is 504 g/mol. The Kier molecular flexibility index (Phi) is 6.75. The average molecular weight is 549 g/mol. The number of rotatable bonds is 8. The minimum atomic E-state index is -0.819. The van der Waals surface area contributed by atoms with Gasteiger partial charge in [-0.25, -0.2) is 0 Å². The Morgan fingerprint density at radius 2 is 2.02 bits per heavy atom. The van der Waals surface area contributed by atoms with E-state index in [2.05, 4.69) is 29.0 Å². The number of hydrogen-bond acceptors (Lipinski definition) is 5. The maximum absolute atomic E-state index is 13.3. The van der Waals surface area contributed by atoms with Crippen LogP contribution in [0.4, 0.5) is 0 Å². The largest absolute Gasteiger partial charge is 0.512 e. The maximum atomic E-state index is 13.3. The Morgan fingerprint density at radius 3 is 2.70 bits per heavy atom. The highest BCUT2D eigenvalue weighted by Gasteiger charge is 2.62. The molecule has 0 aromatic carbocycles. The smallest absolute Gasteiger partial charge is 0.261 e. The zero-order valence-electron chi connectivity index (χ0n) is 24.3. The molecule has 4 aliphatic carbocycles. The topological polar surface area (TPSA) is 129 Å². The number of amides is 2. The van der Waals surface area contributed by atoms with Gasteiger partial charge in [0.05, 0.1) is 5.76 Å². The number of aliphatic hydroxyl groups is 1. The minimum absolute atomic E-state index is 0.0404. The number of aromatic amines is 1. The fraction of sp³-hybridized carbons (Fsp3) is 0.656. The molecule has 8 heteroatoms. The van der Waals surface area contributed by atoms with Crippen molar-refractivity contribution >= 4 is 11.8 Å². The van der Waals surface area contributed by atoms with E-state index in [0.29, 0.717) is 36.5 Å². The number of nitrogens with zero attached hydrogens (tertiary/aromatic N) is 1. The normalized spacial score (nSPS) is 32.1. The fourth-order valence-corrected chi connectivity index (χ4v) is 8.44. The molecule has 6 atom stereocenters. The summed E-state index contributed by atoms with van der Waals surface area (Å²) in [5.74, 6) is 1.37. The van der Waals surface area contributed by atoms with Crippen molar-refractivity contribution in [2.24, 2.45) is 40.7 Å². The average Bonchev–Trinajstić information content (AvgIpc) is 3.65. The van der Waals surface area contributed by atoms with E-state index < -0.39 is 23.4 Å². The highest BCUT2D eigenvalue weighted by atomic mass is 16.3. The van der Waals surface area contributed by atoms with Crippen molar-refractivity contribution in [2.75, 3.05) is 13.1 Å². The molecule has 5 aliphatic rings. The number of nitrogens with two attached hydrogens (primary N) is 1. The number of hydrogen-bond donors (Lipinski definition) is 4. The molecule has 216 valence electrons. The van der Waals surface area contributed by atoms with E-state index in [-0.39, 0.29) is 22.8 Å². The quantitative estimate of drug-likeness (QED) is 0.395. The van der Waals surface area contributed by atoms with E-state index in [1.807, 2.05) is 19.9 Å². The summed E-state index contributed by atoms with van der Waals surface area (Å²) in [5, 5.41) is 13.5. The molecule has 40 heavy (non-hydrogen) atoms. The summed E-state index contributed by atoms with van der Waals surface area (Å²) in [6.07, 6.45) is 8.51. The second-order valence-corrected chi connectivity index (χ2v) is 13.9. The summed E-state index contributed by atoms with van der Waals surface area (Å²) in [7, 11) is 0. The second kappa shape index (κ2) is 9.89. The van der Waals surface area contributed by atoms with Crippen LogP contribution in [0.5, 0.6) is 0 Å². The van der Waals surface area contributed by atoms with Crippen LogP contribution in [0.2, 0.25) is 0 Å².